The van der Waals surface area contributed by atoms with E-state index < -0.39 is 0 Å². The average Bonchev–Trinajstić information content (AvgIpc) is 3.22. The number of halogens is 1. The van der Waals surface area contributed by atoms with E-state index in [9.17, 15) is 4.79 Å². The van der Waals surface area contributed by atoms with Crippen LogP contribution in [-0.4, -0.2) is 20.4 Å². The Morgan fingerprint density at radius 1 is 1.19 bits per heavy atom. The summed E-state index contributed by atoms with van der Waals surface area (Å²) >= 11 is 7.55. The number of nitrogens with zero attached hydrogens (tertiary/aromatic N) is 2. The summed E-state index contributed by atoms with van der Waals surface area (Å²) in [6, 6.07) is 15.0. The van der Waals surface area contributed by atoms with Crippen molar-refractivity contribution in [2.75, 3.05) is 5.32 Å². The summed E-state index contributed by atoms with van der Waals surface area (Å²) in [4.78, 5) is 20.9. The number of nitrogens with one attached hydrogen (secondary N) is 2. The Balaban J connectivity index is 1.47. The number of imidazole rings is 1. The molecule has 5 nitrogen and oxygen atoms in total. The Labute approximate surface area is 159 Å². The molecule has 0 aliphatic rings. The molecule has 0 atom stereocenters. The van der Waals surface area contributed by atoms with Crippen molar-refractivity contribution in [3.8, 4) is 0 Å². The molecule has 0 fully saturated rings. The lowest BCUT2D eigenvalue weighted by molar-refractivity contribution is 0.102. The Bertz CT molecular complexity index is 1080. The molecule has 0 aliphatic carbocycles. The quantitative estimate of drug-likeness (QED) is 0.524. The molecular weight excluding hydrogens is 368 g/mol. The fraction of sp³-hybridized carbons (Fsp3) is 0.0526. The van der Waals surface area contributed by atoms with Gasteiger partial charge in [-0.2, -0.15) is 0 Å². The molecule has 2 N–H and O–H groups in total. The molecule has 0 saturated heterocycles. The molecule has 2 aromatic carbocycles. The summed E-state index contributed by atoms with van der Waals surface area (Å²) in [5, 5.41) is 5.39. The van der Waals surface area contributed by atoms with Gasteiger partial charge in [-0.3, -0.25) is 4.79 Å². The van der Waals surface area contributed by atoms with Crippen LogP contribution in [0.25, 0.3) is 10.9 Å². The number of amides is 1. The van der Waals surface area contributed by atoms with E-state index in [1.54, 1.807) is 30.1 Å². The van der Waals surface area contributed by atoms with E-state index in [1.165, 1.54) is 0 Å². The second kappa shape index (κ2) is 6.90. The van der Waals surface area contributed by atoms with Crippen molar-refractivity contribution >= 4 is 45.9 Å². The summed E-state index contributed by atoms with van der Waals surface area (Å²) in [6.45, 7) is 0. The summed E-state index contributed by atoms with van der Waals surface area (Å²) in [5.74, 6) is -0.193. The first kappa shape index (κ1) is 16.8. The van der Waals surface area contributed by atoms with Crippen molar-refractivity contribution in [2.45, 2.75) is 10.1 Å². The molecule has 0 radical (unpaired) electrons. The number of H-pyrrole nitrogens is 1. The number of hydrogen-bond acceptors (Lipinski definition) is 3. The van der Waals surface area contributed by atoms with E-state index in [1.807, 2.05) is 54.2 Å². The number of fused-ring (bicyclic) bond motifs is 1. The molecule has 26 heavy (non-hydrogen) atoms. The molecule has 130 valence electrons. The van der Waals surface area contributed by atoms with Crippen molar-refractivity contribution in [2.24, 2.45) is 7.05 Å². The monoisotopic (exact) mass is 382 g/mol. The number of anilines is 1. The minimum atomic E-state index is -0.193. The minimum absolute atomic E-state index is 0.193. The summed E-state index contributed by atoms with van der Waals surface area (Å²) in [5.41, 5.74) is 2.06. The van der Waals surface area contributed by atoms with Gasteiger partial charge in [-0.1, -0.05) is 29.4 Å². The lowest BCUT2D eigenvalue weighted by atomic mass is 10.2. The average molecular weight is 383 g/mol. The van der Waals surface area contributed by atoms with Crippen molar-refractivity contribution in [1.29, 1.82) is 0 Å². The van der Waals surface area contributed by atoms with Crippen LogP contribution in [0.15, 0.2) is 71.0 Å². The van der Waals surface area contributed by atoms with Gasteiger partial charge in [0.25, 0.3) is 5.91 Å². The van der Waals surface area contributed by atoms with Crippen molar-refractivity contribution in [3.63, 3.8) is 0 Å². The van der Waals surface area contributed by atoms with Gasteiger partial charge in [-0.25, -0.2) is 4.98 Å². The van der Waals surface area contributed by atoms with Crippen LogP contribution < -0.4 is 5.32 Å². The zero-order valence-electron chi connectivity index (χ0n) is 13.9. The van der Waals surface area contributed by atoms with E-state index in [-0.39, 0.29) is 5.91 Å². The third-order valence-corrected chi connectivity index (χ3v) is 5.25. The molecule has 0 saturated carbocycles. The molecule has 0 aliphatic heterocycles. The molecule has 4 rings (SSSR count). The molecule has 4 aromatic rings. The first-order valence-corrected chi connectivity index (χ1v) is 9.13. The number of aromatic amines is 1. The predicted molar refractivity (Wildman–Crippen MR) is 105 cm³/mol. The van der Waals surface area contributed by atoms with E-state index in [4.69, 9.17) is 11.6 Å². The lowest BCUT2D eigenvalue weighted by Crippen LogP contribution is -2.12. The van der Waals surface area contributed by atoms with E-state index in [2.05, 4.69) is 15.3 Å². The van der Waals surface area contributed by atoms with Crippen LogP contribution in [0.3, 0.4) is 0 Å². The van der Waals surface area contributed by atoms with Crippen LogP contribution in [0.1, 0.15) is 10.5 Å². The van der Waals surface area contributed by atoms with Gasteiger partial charge < -0.3 is 14.9 Å². The Hall–Kier alpha value is -2.70. The second-order valence-corrected chi connectivity index (χ2v) is 7.29. The molecule has 7 heteroatoms. The summed E-state index contributed by atoms with van der Waals surface area (Å²) in [7, 11) is 1.96. The van der Waals surface area contributed by atoms with Crippen LogP contribution >= 0.6 is 23.4 Å². The van der Waals surface area contributed by atoms with Gasteiger partial charge in [-0.15, -0.1) is 0 Å². The Morgan fingerprint density at radius 3 is 2.73 bits per heavy atom. The minimum Gasteiger partial charge on any atom is -0.350 e. The summed E-state index contributed by atoms with van der Waals surface area (Å²) in [6.07, 6.45) is 3.68. The molecule has 2 heterocycles. The molecule has 2 aromatic heterocycles. The van der Waals surface area contributed by atoms with Crippen LogP contribution in [-0.2, 0) is 7.05 Å². The number of benzene rings is 2. The molecular formula is C19H15ClN4OS. The topological polar surface area (TPSA) is 62.7 Å². The van der Waals surface area contributed by atoms with Gasteiger partial charge in [0.05, 0.1) is 0 Å². The standard InChI is InChI=1S/C19H15ClN4OS/c1-24-9-8-21-19(24)26-15-6-4-14(5-7-15)22-18(25)17-10-12-2-3-13(20)11-16(12)23-17/h2-11,23H,1H3,(H,22,25). The highest BCUT2D eigenvalue weighted by Crippen LogP contribution is 2.27. The third kappa shape index (κ3) is 3.47. The van der Waals surface area contributed by atoms with E-state index in [0.29, 0.717) is 10.7 Å². The highest BCUT2D eigenvalue weighted by molar-refractivity contribution is 7.99. The van der Waals surface area contributed by atoms with Gasteiger partial charge in [0.2, 0.25) is 0 Å². The zero-order valence-corrected chi connectivity index (χ0v) is 15.4. The summed E-state index contributed by atoms with van der Waals surface area (Å²) < 4.78 is 1.96. The van der Waals surface area contributed by atoms with Crippen molar-refractivity contribution < 1.29 is 4.79 Å². The van der Waals surface area contributed by atoms with Crippen LogP contribution in [0.5, 0.6) is 0 Å². The predicted octanol–water partition coefficient (Wildman–Crippen LogP) is 4.96. The fourth-order valence-corrected chi connectivity index (χ4v) is 3.56. The molecule has 0 bridgehead atoms. The van der Waals surface area contributed by atoms with Gasteiger partial charge in [-0.05, 0) is 42.5 Å². The second-order valence-electron chi connectivity index (χ2n) is 5.82. The molecule has 0 unspecified atom stereocenters. The highest BCUT2D eigenvalue weighted by Gasteiger charge is 2.10. The maximum Gasteiger partial charge on any atom is 0.272 e. The van der Waals surface area contributed by atoms with Gasteiger partial charge in [0.1, 0.15) is 5.69 Å². The van der Waals surface area contributed by atoms with Crippen molar-refractivity contribution in [3.05, 3.63) is 71.6 Å². The number of hydrogen-bond donors (Lipinski definition) is 2. The maximum atomic E-state index is 12.5. The van der Waals surface area contributed by atoms with E-state index >= 15 is 0 Å². The highest BCUT2D eigenvalue weighted by atomic mass is 35.5. The van der Waals surface area contributed by atoms with Gasteiger partial charge in [0.15, 0.2) is 5.16 Å². The van der Waals surface area contributed by atoms with Crippen molar-refractivity contribution in [1.82, 2.24) is 14.5 Å². The smallest absolute Gasteiger partial charge is 0.272 e. The Morgan fingerprint density at radius 2 is 2.00 bits per heavy atom. The van der Waals surface area contributed by atoms with Crippen LogP contribution in [0.4, 0.5) is 5.69 Å². The van der Waals surface area contributed by atoms with Gasteiger partial charge in [0, 0.05) is 45.9 Å². The largest absolute Gasteiger partial charge is 0.350 e. The molecule has 1 amide bonds. The van der Waals surface area contributed by atoms with Crippen LogP contribution in [0, 0.1) is 0 Å². The Kier molecular flexibility index (Phi) is 4.44. The maximum absolute atomic E-state index is 12.5. The third-order valence-electron chi connectivity index (χ3n) is 3.93. The number of aryl methyl sites for hydroxylation is 1. The van der Waals surface area contributed by atoms with E-state index in [0.717, 1.165) is 26.6 Å². The fourth-order valence-electron chi connectivity index (χ4n) is 2.58. The number of carbonyl (C=O) groups is 1. The lowest BCUT2D eigenvalue weighted by Gasteiger charge is -2.05. The number of carbonyl (C=O) groups excluding carboxylic acids is 1. The normalized spacial score (nSPS) is 11.0. The number of rotatable bonds is 4. The van der Waals surface area contributed by atoms with Gasteiger partial charge >= 0.3 is 0 Å². The SMILES string of the molecule is Cn1ccnc1Sc1ccc(NC(=O)c2cc3ccc(Cl)cc3[nH]2)cc1. The number of aromatic nitrogens is 3. The zero-order chi connectivity index (χ0) is 18.1. The first-order valence-electron chi connectivity index (χ1n) is 7.93. The van der Waals surface area contributed by atoms with Crippen LogP contribution in [0.2, 0.25) is 5.02 Å². The first-order chi connectivity index (χ1) is 12.6. The molecule has 0 spiro atoms.